The summed E-state index contributed by atoms with van der Waals surface area (Å²) in [6.45, 7) is 10.3. The van der Waals surface area contributed by atoms with Crippen LogP contribution in [0.5, 0.6) is 0 Å². The molecule has 44 heavy (non-hydrogen) atoms. The Hall–Kier alpha value is -3.77. The Morgan fingerprint density at radius 3 is 2.34 bits per heavy atom. The van der Waals surface area contributed by atoms with Crippen LogP contribution in [0.2, 0.25) is 0 Å². The third kappa shape index (κ3) is 11.1. The monoisotopic (exact) mass is 634 g/mol. The van der Waals surface area contributed by atoms with Crippen LogP contribution < -0.4 is 10.6 Å². The number of hydrogen-bond acceptors (Lipinski definition) is 6. The number of aliphatic hydroxyl groups excluding tert-OH is 1. The average Bonchev–Trinajstić information content (AvgIpc) is 3.37. The van der Waals surface area contributed by atoms with Gasteiger partial charge in [-0.2, -0.15) is 13.2 Å². The molecule has 8 nitrogen and oxygen atoms in total. The number of allylic oxidation sites excluding steroid dienone is 1. The molecule has 2 unspecified atom stereocenters. The molecule has 0 aliphatic carbocycles. The molecule has 12 heteroatoms. The van der Waals surface area contributed by atoms with Crippen LogP contribution in [-0.4, -0.2) is 69.5 Å². The molecule has 0 spiro atoms. The first kappa shape index (κ1) is 36.4. The summed E-state index contributed by atoms with van der Waals surface area (Å²) in [6, 6.07) is 13.9. The Balaban J connectivity index is 0.000000402. The van der Waals surface area contributed by atoms with Crippen molar-refractivity contribution in [2.45, 2.75) is 63.2 Å². The van der Waals surface area contributed by atoms with Gasteiger partial charge in [-0.3, -0.25) is 14.4 Å². The smallest absolute Gasteiger partial charge is 0.381 e. The number of carbonyl (C=O) groups is 3. The second kappa shape index (κ2) is 16.9. The zero-order valence-electron chi connectivity index (χ0n) is 25.4. The van der Waals surface area contributed by atoms with Gasteiger partial charge in [0.05, 0.1) is 17.5 Å². The normalized spacial score (nSPS) is 15.7. The Morgan fingerprint density at radius 2 is 1.80 bits per heavy atom. The predicted molar refractivity (Wildman–Crippen MR) is 167 cm³/mol. The van der Waals surface area contributed by atoms with Crippen molar-refractivity contribution in [1.82, 2.24) is 20.4 Å². The maximum Gasteiger partial charge on any atom is 0.416 e. The highest BCUT2D eigenvalue weighted by Gasteiger charge is 2.38. The van der Waals surface area contributed by atoms with Crippen molar-refractivity contribution in [2.75, 3.05) is 19.5 Å². The Labute approximate surface area is 261 Å². The van der Waals surface area contributed by atoms with Crippen LogP contribution in [0.25, 0.3) is 0 Å². The number of thioether (sulfide) groups is 1. The van der Waals surface area contributed by atoms with E-state index in [-0.39, 0.29) is 28.7 Å². The summed E-state index contributed by atoms with van der Waals surface area (Å²) in [6.07, 6.45) is -0.968. The predicted octanol–water partition coefficient (Wildman–Crippen LogP) is 4.71. The number of rotatable bonds is 12. The summed E-state index contributed by atoms with van der Waals surface area (Å²) >= 11 is 1.68. The van der Waals surface area contributed by atoms with Crippen molar-refractivity contribution in [2.24, 2.45) is 0 Å². The van der Waals surface area contributed by atoms with E-state index >= 15 is 0 Å². The molecule has 3 N–H and O–H groups in total. The van der Waals surface area contributed by atoms with Crippen LogP contribution in [-0.2, 0) is 33.5 Å². The number of nitrogens with one attached hydrogen (secondary N) is 2. The molecule has 1 saturated heterocycles. The lowest BCUT2D eigenvalue weighted by Crippen LogP contribution is -2.53. The van der Waals surface area contributed by atoms with E-state index in [1.165, 1.54) is 18.2 Å². The van der Waals surface area contributed by atoms with Crippen LogP contribution in [0.4, 0.5) is 13.2 Å². The van der Waals surface area contributed by atoms with Gasteiger partial charge in [-0.05, 0) is 50.1 Å². The summed E-state index contributed by atoms with van der Waals surface area (Å²) in [7, 11) is 1.74. The number of amides is 3. The van der Waals surface area contributed by atoms with Crippen molar-refractivity contribution in [3.63, 3.8) is 0 Å². The molecule has 1 aliphatic heterocycles. The molecule has 0 saturated carbocycles. The Kier molecular flexibility index (Phi) is 14.0. The van der Waals surface area contributed by atoms with Gasteiger partial charge in [0.1, 0.15) is 5.70 Å². The molecule has 0 aromatic heterocycles. The van der Waals surface area contributed by atoms with Crippen molar-refractivity contribution < 1.29 is 32.7 Å². The number of likely N-dealkylation sites (N-methyl/N-ethyl adjacent to an activating group) is 1. The number of aliphatic hydroxyl groups is 1. The molecule has 3 amide bonds. The first-order valence-corrected chi connectivity index (χ1v) is 15.1. The van der Waals surface area contributed by atoms with Gasteiger partial charge in [0.15, 0.2) is 6.10 Å². The summed E-state index contributed by atoms with van der Waals surface area (Å²) in [4.78, 5) is 39.2. The topological polar surface area (TPSA) is 102 Å². The highest BCUT2D eigenvalue weighted by molar-refractivity contribution is 8.00. The van der Waals surface area contributed by atoms with Crippen LogP contribution in [0.15, 0.2) is 79.1 Å². The largest absolute Gasteiger partial charge is 0.416 e. The highest BCUT2D eigenvalue weighted by atomic mass is 32.2. The number of nitrogens with zero attached hydrogens (tertiary/aromatic N) is 2. The third-order valence-corrected chi connectivity index (χ3v) is 8.08. The third-order valence-electron chi connectivity index (χ3n) is 6.73. The van der Waals surface area contributed by atoms with E-state index in [4.69, 9.17) is 0 Å². The zero-order chi connectivity index (χ0) is 32.9. The van der Waals surface area contributed by atoms with Crippen LogP contribution in [0, 0.1) is 0 Å². The van der Waals surface area contributed by atoms with Crippen molar-refractivity contribution in [1.29, 1.82) is 0 Å². The molecule has 0 radical (unpaired) electrons. The standard InChI is InChI=1S/C23H33N3O3S.C9H8F3NO/c1-6-11-19(25(5)7-2)21(28)24-18(14-17-12-9-8-10-13-17)20(27)22(29)26-15-23(3,4)30-16-26;10-9(11,12)8-4-2-1-3-7(8)5-13-6-14/h7-13,18,20,27H,2,6,14-16H2,1,3-5H3,(H,24,28);1-4,6H,5H2,(H,13,14)/b19-11-;. The number of hydrogen-bond donors (Lipinski definition) is 3. The van der Waals surface area contributed by atoms with Crippen molar-refractivity contribution in [3.8, 4) is 0 Å². The molecule has 240 valence electrons. The molecule has 1 aliphatic rings. The molecular weight excluding hydrogens is 593 g/mol. The van der Waals surface area contributed by atoms with E-state index in [9.17, 15) is 32.7 Å². The highest BCUT2D eigenvalue weighted by Crippen LogP contribution is 2.34. The second-order valence-electron chi connectivity index (χ2n) is 10.7. The average molecular weight is 635 g/mol. The maximum atomic E-state index is 13.0. The van der Waals surface area contributed by atoms with E-state index in [0.29, 0.717) is 37.4 Å². The maximum absolute atomic E-state index is 13.0. The quantitative estimate of drug-likeness (QED) is 0.231. The number of alkyl halides is 3. The summed E-state index contributed by atoms with van der Waals surface area (Å²) in [5.74, 6) is -0.162. The van der Waals surface area contributed by atoms with E-state index in [1.54, 1.807) is 40.9 Å². The number of halogens is 3. The SMILES string of the molecule is C=CN(C)/C(=C\CC)C(=O)NC(Cc1ccccc1)C(O)C(=O)N1CSC(C)(C)C1.O=CNCc1ccccc1C(F)(F)F. The molecule has 2 atom stereocenters. The summed E-state index contributed by atoms with van der Waals surface area (Å²) in [5, 5.41) is 16.0. The lowest BCUT2D eigenvalue weighted by molar-refractivity contribution is -0.141. The van der Waals surface area contributed by atoms with Gasteiger partial charge < -0.3 is 25.5 Å². The lowest BCUT2D eigenvalue weighted by Gasteiger charge is -2.29. The molecule has 2 aromatic carbocycles. The first-order valence-electron chi connectivity index (χ1n) is 14.1. The fraction of sp³-hybridized carbons (Fsp3) is 0.406. The minimum atomic E-state index is -4.37. The lowest BCUT2D eigenvalue weighted by atomic mass is 9.99. The fourth-order valence-electron chi connectivity index (χ4n) is 4.45. The van der Waals surface area contributed by atoms with E-state index in [2.05, 4.69) is 31.1 Å². The van der Waals surface area contributed by atoms with E-state index in [0.717, 1.165) is 11.6 Å². The van der Waals surface area contributed by atoms with Gasteiger partial charge in [-0.1, -0.05) is 68.1 Å². The molecule has 1 heterocycles. The summed E-state index contributed by atoms with van der Waals surface area (Å²) < 4.78 is 37.0. The minimum absolute atomic E-state index is 0.0444. The van der Waals surface area contributed by atoms with Gasteiger partial charge in [0.2, 0.25) is 6.41 Å². The first-order chi connectivity index (χ1) is 20.7. The van der Waals surface area contributed by atoms with Gasteiger partial charge in [-0.25, -0.2) is 0 Å². The van der Waals surface area contributed by atoms with Crippen molar-refractivity contribution in [3.05, 3.63) is 95.8 Å². The van der Waals surface area contributed by atoms with Gasteiger partial charge in [-0.15, -0.1) is 11.8 Å². The van der Waals surface area contributed by atoms with Gasteiger partial charge in [0.25, 0.3) is 11.8 Å². The fourth-order valence-corrected chi connectivity index (χ4v) is 5.42. The Bertz CT molecular complexity index is 1290. The molecule has 2 aromatic rings. The molecule has 0 bridgehead atoms. The Morgan fingerprint density at radius 1 is 1.16 bits per heavy atom. The molecule has 1 fully saturated rings. The minimum Gasteiger partial charge on any atom is -0.381 e. The van der Waals surface area contributed by atoms with E-state index in [1.807, 2.05) is 37.3 Å². The molecular formula is C32H41F3N4O4S. The molecule has 3 rings (SSSR count). The second-order valence-corrected chi connectivity index (χ2v) is 12.4. The van der Waals surface area contributed by atoms with E-state index < -0.39 is 23.9 Å². The van der Waals surface area contributed by atoms with Crippen LogP contribution in [0.3, 0.4) is 0 Å². The van der Waals surface area contributed by atoms with Crippen LogP contribution in [0.1, 0.15) is 43.9 Å². The number of benzene rings is 2. The van der Waals surface area contributed by atoms with Crippen LogP contribution >= 0.6 is 11.8 Å². The number of carbonyl (C=O) groups excluding carboxylic acids is 3. The van der Waals surface area contributed by atoms with Crippen molar-refractivity contribution >= 4 is 30.0 Å². The van der Waals surface area contributed by atoms with Gasteiger partial charge in [0, 0.05) is 24.9 Å². The van der Waals surface area contributed by atoms with Gasteiger partial charge >= 0.3 is 6.18 Å². The zero-order valence-corrected chi connectivity index (χ0v) is 26.3. The summed E-state index contributed by atoms with van der Waals surface area (Å²) in [5.41, 5.74) is 0.716.